The molecule has 2 aromatic rings. The summed E-state index contributed by atoms with van der Waals surface area (Å²) in [6.45, 7) is 5.22. The Morgan fingerprint density at radius 1 is 1.23 bits per heavy atom. The van der Waals surface area contributed by atoms with Gasteiger partial charge in [-0.15, -0.1) is 0 Å². The SMILES string of the molecule is Cc1cc[n+](-c2c(C)cc(O)n(CCCN(C)C)c2=O)cc1. The second kappa shape index (κ2) is 6.75. The van der Waals surface area contributed by atoms with Crippen LogP contribution in [0.15, 0.2) is 35.4 Å². The normalized spacial score (nSPS) is 11.1. The third-order valence-corrected chi connectivity index (χ3v) is 3.68. The van der Waals surface area contributed by atoms with Crippen molar-refractivity contribution in [3.8, 4) is 11.6 Å². The van der Waals surface area contributed by atoms with Crippen LogP contribution in [-0.4, -0.2) is 35.2 Å². The summed E-state index contributed by atoms with van der Waals surface area (Å²) in [4.78, 5) is 14.8. The molecule has 0 fully saturated rings. The van der Waals surface area contributed by atoms with E-state index in [1.165, 1.54) is 4.57 Å². The lowest BCUT2D eigenvalue weighted by Gasteiger charge is -2.12. The first-order chi connectivity index (χ1) is 10.4. The van der Waals surface area contributed by atoms with Crippen LogP contribution < -0.4 is 10.1 Å². The molecule has 0 amide bonds. The lowest BCUT2D eigenvalue weighted by Crippen LogP contribution is -2.40. The monoisotopic (exact) mass is 302 g/mol. The Hall–Kier alpha value is -2.14. The molecule has 5 heteroatoms. The lowest BCUT2D eigenvalue weighted by molar-refractivity contribution is -0.597. The number of rotatable bonds is 5. The molecule has 0 aliphatic rings. The van der Waals surface area contributed by atoms with Crippen LogP contribution in [-0.2, 0) is 6.54 Å². The van der Waals surface area contributed by atoms with Crippen LogP contribution in [0.3, 0.4) is 0 Å². The fourth-order valence-electron chi connectivity index (χ4n) is 2.47. The predicted octanol–water partition coefficient (Wildman–Crippen LogP) is 1.40. The van der Waals surface area contributed by atoms with Gasteiger partial charge in [0.15, 0.2) is 18.3 Å². The van der Waals surface area contributed by atoms with E-state index in [1.807, 2.05) is 57.0 Å². The summed E-state index contributed by atoms with van der Waals surface area (Å²) in [7, 11) is 3.98. The molecule has 0 aliphatic carbocycles. The summed E-state index contributed by atoms with van der Waals surface area (Å²) in [5, 5.41) is 10.1. The molecule has 22 heavy (non-hydrogen) atoms. The Morgan fingerprint density at radius 2 is 1.86 bits per heavy atom. The van der Waals surface area contributed by atoms with E-state index in [9.17, 15) is 9.90 Å². The van der Waals surface area contributed by atoms with E-state index >= 15 is 0 Å². The molecule has 0 unspecified atom stereocenters. The molecule has 0 radical (unpaired) electrons. The van der Waals surface area contributed by atoms with E-state index in [4.69, 9.17) is 0 Å². The highest BCUT2D eigenvalue weighted by Gasteiger charge is 2.19. The van der Waals surface area contributed by atoms with Gasteiger partial charge in [0.25, 0.3) is 5.69 Å². The summed E-state index contributed by atoms with van der Waals surface area (Å²) in [5.41, 5.74) is 2.33. The molecule has 0 saturated heterocycles. The van der Waals surface area contributed by atoms with Gasteiger partial charge in [-0.1, -0.05) is 0 Å². The third-order valence-electron chi connectivity index (χ3n) is 3.68. The highest BCUT2D eigenvalue weighted by atomic mass is 16.3. The van der Waals surface area contributed by atoms with Gasteiger partial charge in [0.05, 0.1) is 0 Å². The second-order valence-corrected chi connectivity index (χ2v) is 5.93. The van der Waals surface area contributed by atoms with Crippen molar-refractivity contribution in [2.24, 2.45) is 0 Å². The molecule has 0 spiro atoms. The fourth-order valence-corrected chi connectivity index (χ4v) is 2.47. The summed E-state index contributed by atoms with van der Waals surface area (Å²) >= 11 is 0. The number of hydrogen-bond donors (Lipinski definition) is 1. The maximum absolute atomic E-state index is 12.7. The van der Waals surface area contributed by atoms with Crippen LogP contribution in [0.5, 0.6) is 5.88 Å². The van der Waals surface area contributed by atoms with Crippen molar-refractivity contribution in [2.75, 3.05) is 20.6 Å². The van der Waals surface area contributed by atoms with Gasteiger partial charge < -0.3 is 10.0 Å². The quantitative estimate of drug-likeness (QED) is 0.849. The first-order valence-corrected chi connectivity index (χ1v) is 7.46. The number of pyridine rings is 2. The minimum absolute atomic E-state index is 0.0257. The van der Waals surface area contributed by atoms with Crippen molar-refractivity contribution in [3.63, 3.8) is 0 Å². The molecule has 118 valence electrons. The highest BCUT2D eigenvalue weighted by molar-refractivity contribution is 5.34. The number of hydrogen-bond acceptors (Lipinski definition) is 3. The van der Waals surface area contributed by atoms with Crippen molar-refractivity contribution >= 4 is 0 Å². The largest absolute Gasteiger partial charge is 0.494 e. The molecule has 5 nitrogen and oxygen atoms in total. The maximum atomic E-state index is 12.7. The van der Waals surface area contributed by atoms with E-state index < -0.39 is 0 Å². The molecule has 2 rings (SSSR count). The Labute approximate surface area is 131 Å². The molecule has 1 N–H and O–H groups in total. The summed E-state index contributed by atoms with van der Waals surface area (Å²) in [6, 6.07) is 5.57. The van der Waals surface area contributed by atoms with Crippen molar-refractivity contribution < 1.29 is 9.67 Å². The van der Waals surface area contributed by atoms with Crippen LogP contribution in [0.25, 0.3) is 5.69 Å². The smallest absolute Gasteiger partial charge is 0.326 e. The summed E-state index contributed by atoms with van der Waals surface area (Å²) in [6.07, 6.45) is 4.56. The molecular formula is C17H24N3O2+. The van der Waals surface area contributed by atoms with E-state index in [1.54, 1.807) is 6.07 Å². The molecule has 2 heterocycles. The lowest BCUT2D eigenvalue weighted by atomic mass is 10.2. The average Bonchev–Trinajstić information content (AvgIpc) is 2.44. The molecular weight excluding hydrogens is 278 g/mol. The van der Waals surface area contributed by atoms with Crippen molar-refractivity contribution in [2.45, 2.75) is 26.8 Å². The van der Waals surface area contributed by atoms with E-state index in [0.29, 0.717) is 12.2 Å². The Balaban J connectivity index is 2.42. The van der Waals surface area contributed by atoms with Crippen molar-refractivity contribution in [1.29, 1.82) is 0 Å². The van der Waals surface area contributed by atoms with Gasteiger partial charge in [-0.05, 0) is 46.5 Å². The van der Waals surface area contributed by atoms with Gasteiger partial charge in [0.1, 0.15) is 0 Å². The van der Waals surface area contributed by atoms with Crippen LogP contribution >= 0.6 is 0 Å². The van der Waals surface area contributed by atoms with E-state index in [2.05, 4.69) is 4.90 Å². The van der Waals surface area contributed by atoms with Gasteiger partial charge in [-0.2, -0.15) is 4.57 Å². The topological polar surface area (TPSA) is 49.4 Å². The molecule has 0 aromatic carbocycles. The third kappa shape index (κ3) is 3.54. The molecule has 0 atom stereocenters. The minimum Gasteiger partial charge on any atom is -0.494 e. The standard InChI is InChI=1S/C17H23N3O2/c1-13-6-10-19(11-7-13)16-14(2)12-15(21)20(17(16)22)9-5-8-18(3)4/h6-7,10-12H,5,8-9H2,1-4H3/p+1. The Kier molecular flexibility index (Phi) is 4.98. The van der Waals surface area contributed by atoms with Crippen LogP contribution in [0.2, 0.25) is 0 Å². The maximum Gasteiger partial charge on any atom is 0.326 e. The van der Waals surface area contributed by atoms with Crippen LogP contribution in [0.1, 0.15) is 17.5 Å². The van der Waals surface area contributed by atoms with Crippen molar-refractivity contribution in [1.82, 2.24) is 9.47 Å². The Bertz CT molecular complexity index is 703. The van der Waals surface area contributed by atoms with Gasteiger partial charge in [0, 0.05) is 30.3 Å². The van der Waals surface area contributed by atoms with Crippen molar-refractivity contribution in [3.05, 3.63) is 52.1 Å². The first-order valence-electron chi connectivity index (χ1n) is 7.46. The zero-order chi connectivity index (χ0) is 16.3. The Morgan fingerprint density at radius 3 is 2.45 bits per heavy atom. The van der Waals surface area contributed by atoms with Gasteiger partial charge in [0.2, 0.25) is 0 Å². The number of aromatic nitrogens is 2. The number of nitrogens with zero attached hydrogens (tertiary/aromatic N) is 3. The fraction of sp³-hybridized carbons (Fsp3) is 0.412. The first kappa shape index (κ1) is 16.2. The van der Waals surface area contributed by atoms with Gasteiger partial charge in [-0.25, -0.2) is 0 Å². The van der Waals surface area contributed by atoms with E-state index in [-0.39, 0.29) is 11.4 Å². The summed E-state index contributed by atoms with van der Waals surface area (Å²) < 4.78 is 3.26. The molecule has 0 bridgehead atoms. The predicted molar refractivity (Wildman–Crippen MR) is 86.5 cm³/mol. The van der Waals surface area contributed by atoms with Crippen LogP contribution in [0, 0.1) is 13.8 Å². The summed E-state index contributed by atoms with van der Waals surface area (Å²) in [5.74, 6) is 0.0257. The zero-order valence-corrected chi connectivity index (χ0v) is 13.7. The second-order valence-electron chi connectivity index (χ2n) is 5.93. The minimum atomic E-state index is -0.162. The van der Waals surface area contributed by atoms with Crippen LogP contribution in [0.4, 0.5) is 0 Å². The number of aryl methyl sites for hydroxylation is 2. The van der Waals surface area contributed by atoms with E-state index in [0.717, 1.165) is 24.1 Å². The molecule has 0 saturated carbocycles. The average molecular weight is 302 g/mol. The van der Waals surface area contributed by atoms with Gasteiger partial charge >= 0.3 is 5.56 Å². The van der Waals surface area contributed by atoms with Gasteiger partial charge in [-0.3, -0.25) is 9.36 Å². The molecule has 0 aliphatic heterocycles. The molecule has 2 aromatic heterocycles. The number of aromatic hydroxyl groups is 1. The zero-order valence-electron chi connectivity index (χ0n) is 13.7. The highest BCUT2D eigenvalue weighted by Crippen LogP contribution is 2.13.